The topological polar surface area (TPSA) is 56.5 Å². The van der Waals surface area contributed by atoms with Crippen molar-refractivity contribution in [3.63, 3.8) is 0 Å². The van der Waals surface area contributed by atoms with Gasteiger partial charge in [-0.05, 0) is 11.6 Å². The molecule has 1 unspecified atom stereocenters. The number of rotatable bonds is 5. The summed E-state index contributed by atoms with van der Waals surface area (Å²) in [5.41, 5.74) is 0.427. The third kappa shape index (κ3) is 3.27. The quantitative estimate of drug-likeness (QED) is 0.720. The zero-order valence-corrected chi connectivity index (χ0v) is 12.8. The Bertz CT molecular complexity index is 822. The van der Waals surface area contributed by atoms with Gasteiger partial charge in [-0.3, -0.25) is 4.68 Å². The molecule has 1 aromatic carbocycles. The summed E-state index contributed by atoms with van der Waals surface area (Å²) in [4.78, 5) is 11.5. The number of hydrogen-bond donors (Lipinski definition) is 0. The Hall–Kier alpha value is -2.77. The van der Waals surface area contributed by atoms with Crippen LogP contribution in [0.5, 0.6) is 0 Å². The third-order valence-electron chi connectivity index (χ3n) is 3.94. The minimum absolute atomic E-state index is 0.166. The van der Waals surface area contributed by atoms with Crippen LogP contribution in [0.4, 0.5) is 13.2 Å². The van der Waals surface area contributed by atoms with Crippen LogP contribution >= 0.6 is 0 Å². The summed E-state index contributed by atoms with van der Waals surface area (Å²) in [7, 11) is 0. The van der Waals surface area contributed by atoms with Crippen LogP contribution in [0.3, 0.4) is 0 Å². The number of halogens is 3. The molecule has 0 radical (unpaired) electrons. The Kier molecular flexibility index (Phi) is 4.54. The smallest absolute Gasteiger partial charge is 0.163 e. The summed E-state index contributed by atoms with van der Waals surface area (Å²) in [6.45, 7) is 1.98. The van der Waals surface area contributed by atoms with Gasteiger partial charge in [0.25, 0.3) is 0 Å². The second kappa shape index (κ2) is 6.77. The molecule has 8 heteroatoms. The van der Waals surface area contributed by atoms with Crippen molar-refractivity contribution in [3.05, 3.63) is 72.1 Å². The molecule has 24 heavy (non-hydrogen) atoms. The van der Waals surface area contributed by atoms with E-state index in [1.165, 1.54) is 35.8 Å². The number of benzene rings is 1. The van der Waals surface area contributed by atoms with Crippen LogP contribution in [0.15, 0.2) is 43.4 Å². The minimum Gasteiger partial charge on any atom is -0.252 e. The van der Waals surface area contributed by atoms with Crippen LogP contribution in [-0.2, 0) is 6.54 Å². The van der Waals surface area contributed by atoms with Gasteiger partial charge in [-0.15, -0.1) is 0 Å². The van der Waals surface area contributed by atoms with E-state index in [0.717, 1.165) is 12.3 Å². The highest BCUT2D eigenvalue weighted by Gasteiger charge is 2.27. The van der Waals surface area contributed by atoms with Crippen molar-refractivity contribution in [2.45, 2.75) is 25.3 Å². The van der Waals surface area contributed by atoms with Crippen LogP contribution in [0, 0.1) is 17.5 Å². The van der Waals surface area contributed by atoms with Gasteiger partial charge < -0.3 is 0 Å². The molecule has 0 aliphatic heterocycles. The highest BCUT2D eigenvalue weighted by molar-refractivity contribution is 5.27. The SMILES string of the molecule is CC(c1ncncc1F)[C@H](Cn1cncn1)c1ccc(F)cc1F. The van der Waals surface area contributed by atoms with E-state index >= 15 is 0 Å². The molecule has 0 aliphatic carbocycles. The van der Waals surface area contributed by atoms with Gasteiger partial charge in [0.2, 0.25) is 0 Å². The molecule has 0 spiro atoms. The lowest BCUT2D eigenvalue weighted by molar-refractivity contribution is 0.424. The fraction of sp³-hybridized carbons (Fsp3) is 0.250. The summed E-state index contributed by atoms with van der Waals surface area (Å²) >= 11 is 0. The van der Waals surface area contributed by atoms with E-state index in [-0.39, 0.29) is 17.8 Å². The molecule has 2 atom stereocenters. The van der Waals surface area contributed by atoms with E-state index in [9.17, 15) is 13.2 Å². The van der Waals surface area contributed by atoms with Gasteiger partial charge in [0.05, 0.1) is 18.4 Å². The molecule has 0 amide bonds. The van der Waals surface area contributed by atoms with Crippen LogP contribution in [0.1, 0.15) is 30.0 Å². The van der Waals surface area contributed by atoms with Crippen molar-refractivity contribution in [2.75, 3.05) is 0 Å². The van der Waals surface area contributed by atoms with Crippen molar-refractivity contribution in [3.8, 4) is 0 Å². The molecule has 2 heterocycles. The fourth-order valence-electron chi connectivity index (χ4n) is 2.70. The highest BCUT2D eigenvalue weighted by Crippen LogP contribution is 2.35. The average Bonchev–Trinajstić information content (AvgIpc) is 3.06. The lowest BCUT2D eigenvalue weighted by atomic mass is 9.84. The molecule has 0 saturated carbocycles. The van der Waals surface area contributed by atoms with Crippen molar-refractivity contribution >= 4 is 0 Å². The molecule has 124 valence electrons. The second-order valence-electron chi connectivity index (χ2n) is 5.43. The Morgan fingerprint density at radius 3 is 2.58 bits per heavy atom. The van der Waals surface area contributed by atoms with Crippen molar-refractivity contribution < 1.29 is 13.2 Å². The number of nitrogens with zero attached hydrogens (tertiary/aromatic N) is 5. The predicted octanol–water partition coefficient (Wildman–Crippen LogP) is 3.07. The Labute approximate surface area is 136 Å². The molecule has 3 aromatic rings. The van der Waals surface area contributed by atoms with E-state index in [1.807, 2.05) is 0 Å². The lowest BCUT2D eigenvalue weighted by Crippen LogP contribution is -2.19. The first-order chi connectivity index (χ1) is 11.6. The molecule has 3 rings (SSSR count). The number of hydrogen-bond acceptors (Lipinski definition) is 4. The molecule has 0 saturated heterocycles. The first-order valence-electron chi connectivity index (χ1n) is 7.29. The molecule has 0 aliphatic rings. The summed E-state index contributed by atoms with van der Waals surface area (Å²) in [6.07, 6.45) is 5.14. The summed E-state index contributed by atoms with van der Waals surface area (Å²) in [5, 5.41) is 4.01. The monoisotopic (exact) mass is 333 g/mol. The van der Waals surface area contributed by atoms with Crippen LogP contribution in [-0.4, -0.2) is 24.7 Å². The van der Waals surface area contributed by atoms with Gasteiger partial charge >= 0.3 is 0 Å². The molecule has 0 fully saturated rings. The zero-order chi connectivity index (χ0) is 17.1. The van der Waals surface area contributed by atoms with E-state index < -0.39 is 29.3 Å². The van der Waals surface area contributed by atoms with E-state index in [4.69, 9.17) is 0 Å². The van der Waals surface area contributed by atoms with Crippen LogP contribution in [0.25, 0.3) is 0 Å². The normalized spacial score (nSPS) is 13.7. The molecular formula is C16H14F3N5. The van der Waals surface area contributed by atoms with Crippen molar-refractivity contribution in [1.29, 1.82) is 0 Å². The first-order valence-corrected chi connectivity index (χ1v) is 7.29. The number of aromatic nitrogens is 5. The zero-order valence-electron chi connectivity index (χ0n) is 12.8. The van der Waals surface area contributed by atoms with E-state index in [1.54, 1.807) is 6.92 Å². The Morgan fingerprint density at radius 1 is 1.08 bits per heavy atom. The van der Waals surface area contributed by atoms with Gasteiger partial charge in [-0.2, -0.15) is 5.10 Å². The van der Waals surface area contributed by atoms with Crippen molar-refractivity contribution in [1.82, 2.24) is 24.7 Å². The van der Waals surface area contributed by atoms with Gasteiger partial charge in [0.15, 0.2) is 5.82 Å². The van der Waals surface area contributed by atoms with Gasteiger partial charge in [0, 0.05) is 17.9 Å². The standard InChI is InChI=1S/C16H14F3N5/c1-10(16-15(19)5-20-7-22-16)13(6-24-9-21-8-23-24)12-3-2-11(17)4-14(12)18/h2-5,7-10,13H,6H2,1H3/t10?,13-/m0/s1. The average molecular weight is 333 g/mol. The lowest BCUT2D eigenvalue weighted by Gasteiger charge is -2.24. The molecule has 2 aromatic heterocycles. The molecule has 0 N–H and O–H groups in total. The van der Waals surface area contributed by atoms with Gasteiger partial charge in [0.1, 0.15) is 30.6 Å². The van der Waals surface area contributed by atoms with Gasteiger partial charge in [-0.25, -0.2) is 28.1 Å². The third-order valence-corrected chi connectivity index (χ3v) is 3.94. The fourth-order valence-corrected chi connectivity index (χ4v) is 2.70. The molecular weight excluding hydrogens is 319 g/mol. The first kappa shape index (κ1) is 16.1. The molecule has 0 bridgehead atoms. The maximum Gasteiger partial charge on any atom is 0.163 e. The van der Waals surface area contributed by atoms with Crippen molar-refractivity contribution in [2.24, 2.45) is 0 Å². The summed E-state index contributed by atoms with van der Waals surface area (Å²) < 4.78 is 43.1. The van der Waals surface area contributed by atoms with Crippen LogP contribution in [0.2, 0.25) is 0 Å². The van der Waals surface area contributed by atoms with Crippen LogP contribution < -0.4 is 0 Å². The predicted molar refractivity (Wildman–Crippen MR) is 79.5 cm³/mol. The second-order valence-corrected chi connectivity index (χ2v) is 5.43. The van der Waals surface area contributed by atoms with E-state index in [0.29, 0.717) is 0 Å². The maximum absolute atomic E-state index is 14.3. The highest BCUT2D eigenvalue weighted by atomic mass is 19.1. The Balaban J connectivity index is 2.03. The largest absolute Gasteiger partial charge is 0.252 e. The summed E-state index contributed by atoms with van der Waals surface area (Å²) in [6, 6.07) is 3.35. The van der Waals surface area contributed by atoms with E-state index in [2.05, 4.69) is 20.1 Å². The van der Waals surface area contributed by atoms with Gasteiger partial charge in [-0.1, -0.05) is 13.0 Å². The molecule has 5 nitrogen and oxygen atoms in total. The Morgan fingerprint density at radius 2 is 1.92 bits per heavy atom. The minimum atomic E-state index is -0.693. The summed E-state index contributed by atoms with van der Waals surface area (Å²) in [5.74, 6) is -2.94. The maximum atomic E-state index is 14.3.